The Morgan fingerprint density at radius 3 is 2.52 bits per heavy atom. The van der Waals surface area contributed by atoms with Gasteiger partial charge in [-0.15, -0.1) is 0 Å². The maximum absolute atomic E-state index is 13.4. The fourth-order valence-electron chi connectivity index (χ4n) is 5.30. The number of fused-ring (bicyclic) bond motifs is 2. The summed E-state index contributed by atoms with van der Waals surface area (Å²) in [5, 5.41) is 3.76. The monoisotopic (exact) mass is 459 g/mol. The highest BCUT2D eigenvalue weighted by molar-refractivity contribution is 6.31. The Morgan fingerprint density at radius 2 is 1.76 bits per heavy atom. The van der Waals surface area contributed by atoms with E-state index in [1.165, 1.54) is 16.7 Å². The second-order valence-corrected chi connectivity index (χ2v) is 9.90. The predicted molar refractivity (Wildman–Crippen MR) is 136 cm³/mol. The first-order chi connectivity index (χ1) is 15.9. The average molecular weight is 460 g/mol. The lowest BCUT2D eigenvalue weighted by Crippen LogP contribution is -2.46. The summed E-state index contributed by atoms with van der Waals surface area (Å²) in [6.07, 6.45) is 2.10. The first-order valence-electron chi connectivity index (χ1n) is 11.7. The van der Waals surface area contributed by atoms with E-state index in [1.54, 1.807) is 0 Å². The zero-order valence-corrected chi connectivity index (χ0v) is 20.0. The van der Waals surface area contributed by atoms with Gasteiger partial charge >= 0.3 is 6.03 Å². The molecule has 0 bridgehead atoms. The largest absolute Gasteiger partial charge is 0.326 e. The van der Waals surface area contributed by atoms with Crippen LogP contribution in [0.4, 0.5) is 16.2 Å². The molecular formula is C28H30ClN3O. The van der Waals surface area contributed by atoms with Crippen molar-refractivity contribution < 1.29 is 4.79 Å². The van der Waals surface area contributed by atoms with Gasteiger partial charge in [0.05, 0.1) is 0 Å². The molecular weight excluding hydrogens is 430 g/mol. The number of carbonyl (C=O) groups excluding carboxylic acids is 1. The van der Waals surface area contributed by atoms with E-state index in [9.17, 15) is 4.79 Å². The third kappa shape index (κ3) is 4.25. The van der Waals surface area contributed by atoms with Crippen LogP contribution in [0.25, 0.3) is 0 Å². The van der Waals surface area contributed by atoms with Gasteiger partial charge in [0.1, 0.15) is 0 Å². The van der Waals surface area contributed by atoms with Crippen LogP contribution in [0.15, 0.2) is 66.7 Å². The fourth-order valence-corrected chi connectivity index (χ4v) is 5.47. The minimum atomic E-state index is -0.0888. The average Bonchev–Trinajstić information content (AvgIpc) is 3.13. The van der Waals surface area contributed by atoms with Crippen molar-refractivity contribution in [1.29, 1.82) is 0 Å². The van der Waals surface area contributed by atoms with Crippen molar-refractivity contribution in [3.8, 4) is 0 Å². The van der Waals surface area contributed by atoms with E-state index in [-0.39, 0.29) is 11.4 Å². The highest BCUT2D eigenvalue weighted by atomic mass is 35.5. The molecule has 1 N–H and O–H groups in total. The maximum Gasteiger partial charge on any atom is 0.326 e. The van der Waals surface area contributed by atoms with E-state index < -0.39 is 0 Å². The van der Waals surface area contributed by atoms with Gasteiger partial charge in [-0.1, -0.05) is 65.7 Å². The number of hydrogen-bond acceptors (Lipinski definition) is 2. The minimum Gasteiger partial charge on any atom is -0.307 e. The van der Waals surface area contributed by atoms with Gasteiger partial charge in [-0.2, -0.15) is 0 Å². The smallest absolute Gasteiger partial charge is 0.307 e. The summed E-state index contributed by atoms with van der Waals surface area (Å²) in [6, 6.07) is 22.7. The standard InChI is InChI=1S/C28H30ClN3O/c1-20-11-12-26-23(17-20)28(13-15-31(16-14-28)18-22-7-4-3-5-8-22)19-32(26)27(33)30-25-10-6-9-24(29)21(25)2/h3-12,17H,13-16,18-19H2,1-2H3,(H,30,33). The van der Waals surface area contributed by atoms with Crippen molar-refractivity contribution in [3.63, 3.8) is 0 Å². The van der Waals surface area contributed by atoms with Crippen molar-refractivity contribution in [2.75, 3.05) is 29.9 Å². The molecule has 5 rings (SSSR count). The SMILES string of the molecule is Cc1ccc2c(c1)C1(CCN(Cc3ccccc3)CC1)CN2C(=O)Nc1cccc(Cl)c1C. The Kier molecular flexibility index (Phi) is 5.90. The Hall–Kier alpha value is -2.82. The van der Waals surface area contributed by atoms with Crippen LogP contribution in [0.5, 0.6) is 0 Å². The number of anilines is 2. The van der Waals surface area contributed by atoms with Gasteiger partial charge in [0.15, 0.2) is 0 Å². The zero-order valence-electron chi connectivity index (χ0n) is 19.3. The number of likely N-dealkylation sites (tertiary alicyclic amines) is 1. The Balaban J connectivity index is 1.36. The van der Waals surface area contributed by atoms with Crippen molar-refractivity contribution in [3.05, 3.63) is 94.0 Å². The molecule has 3 aromatic rings. The maximum atomic E-state index is 13.4. The number of hydrogen-bond donors (Lipinski definition) is 1. The number of nitrogens with zero attached hydrogens (tertiary/aromatic N) is 2. The highest BCUT2D eigenvalue weighted by Crippen LogP contribution is 2.47. The molecule has 33 heavy (non-hydrogen) atoms. The van der Waals surface area contributed by atoms with Gasteiger partial charge in [-0.05, 0) is 74.7 Å². The summed E-state index contributed by atoms with van der Waals surface area (Å²) >= 11 is 6.27. The molecule has 0 radical (unpaired) electrons. The number of amides is 2. The second-order valence-electron chi connectivity index (χ2n) is 9.49. The number of benzene rings is 3. The molecule has 2 heterocycles. The summed E-state index contributed by atoms with van der Waals surface area (Å²) in [7, 11) is 0. The Bertz CT molecular complexity index is 1170. The molecule has 4 nitrogen and oxygen atoms in total. The summed E-state index contributed by atoms with van der Waals surface area (Å²) in [6.45, 7) is 7.84. The fraction of sp³-hybridized carbons (Fsp3) is 0.321. The van der Waals surface area contributed by atoms with Gasteiger partial charge in [0.25, 0.3) is 0 Å². The van der Waals surface area contributed by atoms with Crippen molar-refractivity contribution in [2.24, 2.45) is 0 Å². The molecule has 2 aliphatic heterocycles. The number of rotatable bonds is 3. The van der Waals surface area contributed by atoms with Crippen LogP contribution in [-0.4, -0.2) is 30.6 Å². The molecule has 0 aliphatic carbocycles. The van der Waals surface area contributed by atoms with Crippen LogP contribution in [0.3, 0.4) is 0 Å². The van der Waals surface area contributed by atoms with Gasteiger partial charge in [0.2, 0.25) is 0 Å². The van der Waals surface area contributed by atoms with Gasteiger partial charge in [-0.25, -0.2) is 4.79 Å². The van der Waals surface area contributed by atoms with Crippen LogP contribution < -0.4 is 10.2 Å². The molecule has 2 amide bonds. The molecule has 3 aromatic carbocycles. The molecule has 1 saturated heterocycles. The van der Waals surface area contributed by atoms with Gasteiger partial charge < -0.3 is 5.32 Å². The summed E-state index contributed by atoms with van der Waals surface area (Å²) < 4.78 is 0. The van der Waals surface area contributed by atoms with E-state index in [0.717, 1.165) is 56.0 Å². The normalized spacial score (nSPS) is 17.2. The van der Waals surface area contributed by atoms with E-state index in [1.807, 2.05) is 30.0 Å². The Morgan fingerprint density at radius 1 is 1.00 bits per heavy atom. The molecule has 5 heteroatoms. The lowest BCUT2D eigenvalue weighted by atomic mass is 9.74. The summed E-state index contributed by atoms with van der Waals surface area (Å²) in [4.78, 5) is 17.9. The molecule has 2 aliphatic rings. The van der Waals surface area contributed by atoms with Gasteiger partial charge in [0, 0.05) is 34.9 Å². The molecule has 0 unspecified atom stereocenters. The van der Waals surface area contributed by atoms with Crippen LogP contribution in [0.2, 0.25) is 5.02 Å². The lowest BCUT2D eigenvalue weighted by molar-refractivity contribution is 0.160. The zero-order chi connectivity index (χ0) is 23.0. The number of nitrogens with one attached hydrogen (secondary N) is 1. The van der Waals surface area contributed by atoms with Crippen LogP contribution >= 0.6 is 11.6 Å². The summed E-state index contributed by atoms with van der Waals surface area (Å²) in [5.41, 5.74) is 6.62. The van der Waals surface area contributed by atoms with Crippen LogP contribution in [0.1, 0.15) is 35.1 Å². The number of urea groups is 1. The van der Waals surface area contributed by atoms with E-state index in [0.29, 0.717) is 5.02 Å². The quantitative estimate of drug-likeness (QED) is 0.482. The van der Waals surface area contributed by atoms with Crippen molar-refractivity contribution >= 4 is 29.0 Å². The molecule has 1 fully saturated rings. The van der Waals surface area contributed by atoms with E-state index in [2.05, 4.69) is 65.7 Å². The molecule has 0 atom stereocenters. The summed E-state index contributed by atoms with van der Waals surface area (Å²) in [5.74, 6) is 0. The first-order valence-corrected chi connectivity index (χ1v) is 12.0. The minimum absolute atomic E-state index is 0.00919. The van der Waals surface area contributed by atoms with E-state index in [4.69, 9.17) is 11.6 Å². The van der Waals surface area contributed by atoms with Crippen LogP contribution in [0, 0.1) is 13.8 Å². The number of piperidine rings is 1. The molecule has 0 saturated carbocycles. The predicted octanol–water partition coefficient (Wildman–Crippen LogP) is 6.54. The number of carbonyl (C=O) groups is 1. The topological polar surface area (TPSA) is 35.6 Å². The lowest BCUT2D eigenvalue weighted by Gasteiger charge is -2.40. The van der Waals surface area contributed by atoms with E-state index >= 15 is 0 Å². The molecule has 170 valence electrons. The highest BCUT2D eigenvalue weighted by Gasteiger charge is 2.46. The number of halogens is 1. The van der Waals surface area contributed by atoms with Crippen molar-refractivity contribution in [2.45, 2.75) is 38.6 Å². The molecule has 0 aromatic heterocycles. The number of aryl methyl sites for hydroxylation is 1. The molecule has 1 spiro atoms. The third-order valence-corrected chi connectivity index (χ3v) is 7.70. The van der Waals surface area contributed by atoms with Gasteiger partial charge in [-0.3, -0.25) is 9.80 Å². The third-order valence-electron chi connectivity index (χ3n) is 7.29. The Labute approximate surface area is 201 Å². The second kappa shape index (κ2) is 8.85. The first kappa shape index (κ1) is 22.0. The van der Waals surface area contributed by atoms with Crippen molar-refractivity contribution in [1.82, 2.24) is 4.90 Å². The van der Waals surface area contributed by atoms with Crippen LogP contribution in [-0.2, 0) is 12.0 Å².